The van der Waals surface area contributed by atoms with Crippen molar-refractivity contribution in [1.82, 2.24) is 9.97 Å². The Labute approximate surface area is 85.5 Å². The Balaban J connectivity index is 2.66. The zero-order valence-electron chi connectivity index (χ0n) is 7.29. The number of hydrogen-bond donors (Lipinski definition) is 1. The summed E-state index contributed by atoms with van der Waals surface area (Å²) in [6.45, 7) is 0. The number of H-pyrrole nitrogens is 1. The summed E-state index contributed by atoms with van der Waals surface area (Å²) in [7, 11) is 0. The third-order valence-corrected chi connectivity index (χ3v) is 2.65. The van der Waals surface area contributed by atoms with Crippen molar-refractivity contribution in [3.05, 3.63) is 41.7 Å². The SMILES string of the molecule is Clc1nc2ccccc2c2[nH]ccc12. The van der Waals surface area contributed by atoms with Gasteiger partial charge >= 0.3 is 0 Å². The molecule has 2 aromatic heterocycles. The maximum atomic E-state index is 6.05. The largest absolute Gasteiger partial charge is 0.361 e. The van der Waals surface area contributed by atoms with Gasteiger partial charge in [0.25, 0.3) is 0 Å². The van der Waals surface area contributed by atoms with E-state index in [4.69, 9.17) is 11.6 Å². The first kappa shape index (κ1) is 7.83. The molecule has 0 saturated carbocycles. The number of aromatic amines is 1. The molecule has 68 valence electrons. The predicted molar refractivity (Wildman–Crippen MR) is 58.6 cm³/mol. The molecule has 14 heavy (non-hydrogen) atoms. The Morgan fingerprint density at radius 3 is 2.86 bits per heavy atom. The molecule has 0 unspecified atom stereocenters. The molecule has 0 fully saturated rings. The van der Waals surface area contributed by atoms with Crippen LogP contribution in [-0.2, 0) is 0 Å². The lowest BCUT2D eigenvalue weighted by Crippen LogP contribution is -1.81. The third kappa shape index (κ3) is 0.946. The number of fused-ring (bicyclic) bond motifs is 3. The van der Waals surface area contributed by atoms with E-state index in [1.54, 1.807) is 0 Å². The second kappa shape index (κ2) is 2.72. The Hall–Kier alpha value is -1.54. The zero-order valence-corrected chi connectivity index (χ0v) is 8.05. The molecule has 0 aliphatic carbocycles. The number of hydrogen-bond acceptors (Lipinski definition) is 1. The minimum absolute atomic E-state index is 0.556. The van der Waals surface area contributed by atoms with Gasteiger partial charge in [0.05, 0.1) is 11.0 Å². The van der Waals surface area contributed by atoms with Gasteiger partial charge in [-0.25, -0.2) is 4.98 Å². The van der Waals surface area contributed by atoms with Crippen LogP contribution >= 0.6 is 11.6 Å². The number of nitrogens with zero attached hydrogens (tertiary/aromatic N) is 1. The summed E-state index contributed by atoms with van der Waals surface area (Å²) in [4.78, 5) is 7.50. The van der Waals surface area contributed by atoms with Crippen molar-refractivity contribution in [2.45, 2.75) is 0 Å². The molecule has 1 aromatic carbocycles. The summed E-state index contributed by atoms with van der Waals surface area (Å²) < 4.78 is 0. The van der Waals surface area contributed by atoms with Crippen LogP contribution in [0.25, 0.3) is 21.8 Å². The number of aromatic nitrogens is 2. The summed E-state index contributed by atoms with van der Waals surface area (Å²) in [5.74, 6) is 0. The summed E-state index contributed by atoms with van der Waals surface area (Å²) in [6, 6.07) is 9.90. The van der Waals surface area contributed by atoms with E-state index in [1.165, 1.54) is 0 Å². The number of para-hydroxylation sites is 1. The van der Waals surface area contributed by atoms with E-state index in [0.29, 0.717) is 5.15 Å². The van der Waals surface area contributed by atoms with Crippen LogP contribution in [0.2, 0.25) is 5.15 Å². The van der Waals surface area contributed by atoms with E-state index in [0.717, 1.165) is 21.8 Å². The van der Waals surface area contributed by atoms with Crippen LogP contribution in [0.5, 0.6) is 0 Å². The number of rotatable bonds is 0. The highest BCUT2D eigenvalue weighted by molar-refractivity contribution is 6.35. The van der Waals surface area contributed by atoms with Crippen molar-refractivity contribution in [2.75, 3.05) is 0 Å². The Morgan fingerprint density at radius 2 is 1.93 bits per heavy atom. The van der Waals surface area contributed by atoms with Crippen LogP contribution in [-0.4, -0.2) is 9.97 Å². The van der Waals surface area contributed by atoms with Gasteiger partial charge in [-0.05, 0) is 12.1 Å². The fraction of sp³-hybridized carbons (Fsp3) is 0. The molecule has 2 nitrogen and oxygen atoms in total. The number of halogens is 1. The number of nitrogens with one attached hydrogen (secondary N) is 1. The topological polar surface area (TPSA) is 28.7 Å². The average molecular weight is 203 g/mol. The van der Waals surface area contributed by atoms with Gasteiger partial charge in [-0.15, -0.1) is 0 Å². The van der Waals surface area contributed by atoms with Crippen molar-refractivity contribution < 1.29 is 0 Å². The van der Waals surface area contributed by atoms with Gasteiger partial charge in [-0.3, -0.25) is 0 Å². The van der Waals surface area contributed by atoms with Crippen molar-refractivity contribution in [1.29, 1.82) is 0 Å². The molecular formula is C11H7ClN2. The Kier molecular flexibility index (Phi) is 1.52. The quantitative estimate of drug-likeness (QED) is 0.557. The molecule has 3 aromatic rings. The van der Waals surface area contributed by atoms with Gasteiger partial charge < -0.3 is 4.98 Å². The fourth-order valence-corrected chi connectivity index (χ4v) is 1.96. The fourth-order valence-electron chi connectivity index (χ4n) is 1.71. The van der Waals surface area contributed by atoms with Crippen LogP contribution in [0.1, 0.15) is 0 Å². The summed E-state index contributed by atoms with van der Waals surface area (Å²) in [6.07, 6.45) is 1.88. The van der Waals surface area contributed by atoms with Crippen LogP contribution in [0.15, 0.2) is 36.5 Å². The van der Waals surface area contributed by atoms with Crippen LogP contribution in [0.4, 0.5) is 0 Å². The first-order valence-electron chi connectivity index (χ1n) is 4.37. The second-order valence-electron chi connectivity index (χ2n) is 3.19. The van der Waals surface area contributed by atoms with E-state index in [1.807, 2.05) is 36.5 Å². The molecule has 0 spiro atoms. The lowest BCUT2D eigenvalue weighted by Gasteiger charge is -2.00. The van der Waals surface area contributed by atoms with Gasteiger partial charge in [-0.2, -0.15) is 0 Å². The molecule has 3 heteroatoms. The van der Waals surface area contributed by atoms with Gasteiger partial charge in [0.2, 0.25) is 0 Å². The van der Waals surface area contributed by atoms with Gasteiger partial charge in [0.1, 0.15) is 5.15 Å². The van der Waals surface area contributed by atoms with E-state index < -0.39 is 0 Å². The second-order valence-corrected chi connectivity index (χ2v) is 3.54. The first-order chi connectivity index (χ1) is 6.86. The Morgan fingerprint density at radius 1 is 1.07 bits per heavy atom. The number of pyridine rings is 1. The molecule has 0 aliphatic rings. The minimum Gasteiger partial charge on any atom is -0.361 e. The smallest absolute Gasteiger partial charge is 0.139 e. The first-order valence-corrected chi connectivity index (χ1v) is 4.75. The average Bonchev–Trinajstić information content (AvgIpc) is 2.67. The molecule has 3 rings (SSSR count). The molecule has 2 heterocycles. The molecule has 0 radical (unpaired) electrons. The number of benzene rings is 1. The van der Waals surface area contributed by atoms with Crippen LogP contribution in [0.3, 0.4) is 0 Å². The highest BCUT2D eigenvalue weighted by Gasteiger charge is 2.05. The monoisotopic (exact) mass is 202 g/mol. The van der Waals surface area contributed by atoms with E-state index >= 15 is 0 Å². The molecule has 0 aliphatic heterocycles. The van der Waals surface area contributed by atoms with Crippen molar-refractivity contribution in [3.8, 4) is 0 Å². The third-order valence-electron chi connectivity index (χ3n) is 2.36. The van der Waals surface area contributed by atoms with Gasteiger partial charge in [0, 0.05) is 17.0 Å². The molecular weight excluding hydrogens is 196 g/mol. The zero-order chi connectivity index (χ0) is 9.54. The van der Waals surface area contributed by atoms with Crippen LogP contribution < -0.4 is 0 Å². The lowest BCUT2D eigenvalue weighted by molar-refractivity contribution is 1.43. The molecule has 0 bridgehead atoms. The predicted octanol–water partition coefficient (Wildman–Crippen LogP) is 3.37. The van der Waals surface area contributed by atoms with E-state index in [2.05, 4.69) is 9.97 Å². The molecule has 0 saturated heterocycles. The summed E-state index contributed by atoms with van der Waals surface area (Å²) >= 11 is 6.05. The standard InChI is InChI=1S/C11H7ClN2/c12-11-8-5-6-13-10(8)7-3-1-2-4-9(7)14-11/h1-6,13H. The van der Waals surface area contributed by atoms with Crippen molar-refractivity contribution in [2.24, 2.45) is 0 Å². The van der Waals surface area contributed by atoms with Crippen LogP contribution in [0, 0.1) is 0 Å². The van der Waals surface area contributed by atoms with E-state index in [-0.39, 0.29) is 0 Å². The highest BCUT2D eigenvalue weighted by atomic mass is 35.5. The lowest BCUT2D eigenvalue weighted by atomic mass is 10.2. The van der Waals surface area contributed by atoms with Crippen molar-refractivity contribution in [3.63, 3.8) is 0 Å². The molecule has 0 amide bonds. The van der Waals surface area contributed by atoms with Crippen molar-refractivity contribution >= 4 is 33.4 Å². The maximum Gasteiger partial charge on any atom is 0.139 e. The maximum absolute atomic E-state index is 6.05. The Bertz CT molecular complexity index is 613. The normalized spacial score (nSPS) is 11.2. The molecule has 1 N–H and O–H groups in total. The summed E-state index contributed by atoms with van der Waals surface area (Å²) in [5.41, 5.74) is 1.98. The van der Waals surface area contributed by atoms with E-state index in [9.17, 15) is 0 Å². The minimum atomic E-state index is 0.556. The van der Waals surface area contributed by atoms with Gasteiger partial charge in [0.15, 0.2) is 0 Å². The summed E-state index contributed by atoms with van der Waals surface area (Å²) in [5, 5.41) is 2.64. The van der Waals surface area contributed by atoms with Gasteiger partial charge in [-0.1, -0.05) is 29.8 Å². The highest BCUT2D eigenvalue weighted by Crippen LogP contribution is 2.27. The molecule has 0 atom stereocenters.